The van der Waals surface area contributed by atoms with Gasteiger partial charge in [0.2, 0.25) is 0 Å². The van der Waals surface area contributed by atoms with Gasteiger partial charge in [0.25, 0.3) is 0 Å². The first-order valence-corrected chi connectivity index (χ1v) is 5.67. The summed E-state index contributed by atoms with van der Waals surface area (Å²) < 4.78 is 2.27. The van der Waals surface area contributed by atoms with Gasteiger partial charge in [-0.15, -0.1) is 0 Å². The van der Waals surface area contributed by atoms with Crippen molar-refractivity contribution in [3.05, 3.63) is 29.0 Å². The SMILES string of the molecule is CCc1nc2cc(Cl)ccc2n1C(C)C. The molecule has 0 aliphatic rings. The molecule has 2 aromatic rings. The van der Waals surface area contributed by atoms with Crippen molar-refractivity contribution >= 4 is 22.6 Å². The maximum absolute atomic E-state index is 5.95. The van der Waals surface area contributed by atoms with Gasteiger partial charge in [-0.2, -0.15) is 0 Å². The number of nitrogens with zero attached hydrogens (tertiary/aromatic N) is 2. The van der Waals surface area contributed by atoms with Crippen LogP contribution >= 0.6 is 11.6 Å². The minimum Gasteiger partial charge on any atom is -0.325 e. The lowest BCUT2D eigenvalue weighted by Gasteiger charge is -2.11. The Balaban J connectivity index is 2.74. The Kier molecular flexibility index (Phi) is 2.70. The molecule has 1 aromatic heterocycles. The summed E-state index contributed by atoms with van der Waals surface area (Å²) in [6.45, 7) is 6.48. The van der Waals surface area contributed by atoms with E-state index in [-0.39, 0.29) is 0 Å². The first-order valence-electron chi connectivity index (χ1n) is 5.30. The van der Waals surface area contributed by atoms with E-state index in [1.165, 1.54) is 5.52 Å². The largest absolute Gasteiger partial charge is 0.325 e. The van der Waals surface area contributed by atoms with Crippen molar-refractivity contribution in [2.45, 2.75) is 33.2 Å². The Morgan fingerprint density at radius 2 is 2.13 bits per heavy atom. The fraction of sp³-hybridized carbons (Fsp3) is 0.417. The number of rotatable bonds is 2. The van der Waals surface area contributed by atoms with Crippen LogP contribution in [0.5, 0.6) is 0 Å². The third-order valence-corrected chi connectivity index (χ3v) is 2.79. The lowest BCUT2D eigenvalue weighted by Crippen LogP contribution is -2.05. The van der Waals surface area contributed by atoms with Crippen LogP contribution in [-0.4, -0.2) is 9.55 Å². The number of hydrogen-bond acceptors (Lipinski definition) is 1. The average Bonchev–Trinajstić information content (AvgIpc) is 2.54. The standard InChI is InChI=1S/C12H15ClN2/c1-4-12-14-10-7-9(13)5-6-11(10)15(12)8(2)3/h5-8H,4H2,1-3H3. The van der Waals surface area contributed by atoms with Crippen molar-refractivity contribution in [1.82, 2.24) is 9.55 Å². The molecular weight excluding hydrogens is 208 g/mol. The summed E-state index contributed by atoms with van der Waals surface area (Å²) in [5.41, 5.74) is 2.17. The highest BCUT2D eigenvalue weighted by Crippen LogP contribution is 2.24. The normalized spacial score (nSPS) is 11.5. The molecule has 0 bridgehead atoms. The van der Waals surface area contributed by atoms with Gasteiger partial charge < -0.3 is 4.57 Å². The number of benzene rings is 1. The topological polar surface area (TPSA) is 17.8 Å². The minimum absolute atomic E-state index is 0.436. The van der Waals surface area contributed by atoms with Crippen LogP contribution in [0.25, 0.3) is 11.0 Å². The molecule has 0 spiro atoms. The van der Waals surface area contributed by atoms with Crippen LogP contribution in [0.3, 0.4) is 0 Å². The summed E-state index contributed by atoms with van der Waals surface area (Å²) in [5, 5.41) is 0.749. The predicted molar refractivity (Wildman–Crippen MR) is 64.5 cm³/mol. The van der Waals surface area contributed by atoms with Crippen LogP contribution in [-0.2, 0) is 6.42 Å². The van der Waals surface area contributed by atoms with Crippen LogP contribution in [0.4, 0.5) is 0 Å². The van der Waals surface area contributed by atoms with Gasteiger partial charge in [0.15, 0.2) is 0 Å². The zero-order valence-corrected chi connectivity index (χ0v) is 10.0. The highest BCUT2D eigenvalue weighted by molar-refractivity contribution is 6.31. The molecule has 0 N–H and O–H groups in total. The Morgan fingerprint density at radius 1 is 1.40 bits per heavy atom. The number of hydrogen-bond donors (Lipinski definition) is 0. The van der Waals surface area contributed by atoms with Gasteiger partial charge in [0, 0.05) is 17.5 Å². The van der Waals surface area contributed by atoms with Gasteiger partial charge in [-0.25, -0.2) is 4.98 Å². The smallest absolute Gasteiger partial charge is 0.109 e. The molecule has 80 valence electrons. The van der Waals surface area contributed by atoms with Crippen molar-refractivity contribution in [3.63, 3.8) is 0 Å². The van der Waals surface area contributed by atoms with Gasteiger partial charge in [-0.1, -0.05) is 18.5 Å². The molecule has 1 heterocycles. The van der Waals surface area contributed by atoms with E-state index in [4.69, 9.17) is 11.6 Å². The molecule has 15 heavy (non-hydrogen) atoms. The van der Waals surface area contributed by atoms with E-state index in [0.29, 0.717) is 6.04 Å². The third-order valence-electron chi connectivity index (χ3n) is 2.56. The summed E-state index contributed by atoms with van der Waals surface area (Å²) >= 11 is 5.95. The summed E-state index contributed by atoms with van der Waals surface area (Å²) in [5.74, 6) is 1.13. The quantitative estimate of drug-likeness (QED) is 0.755. The number of halogens is 1. The van der Waals surface area contributed by atoms with Crippen molar-refractivity contribution in [2.24, 2.45) is 0 Å². The van der Waals surface area contributed by atoms with E-state index in [2.05, 4.69) is 30.3 Å². The average molecular weight is 223 g/mol. The van der Waals surface area contributed by atoms with Crippen molar-refractivity contribution in [1.29, 1.82) is 0 Å². The molecule has 3 heteroatoms. The number of fused-ring (bicyclic) bond motifs is 1. The lowest BCUT2D eigenvalue weighted by atomic mass is 10.3. The number of aryl methyl sites for hydroxylation is 1. The molecule has 0 radical (unpaired) electrons. The van der Waals surface area contributed by atoms with E-state index in [1.807, 2.05) is 18.2 Å². The third kappa shape index (κ3) is 1.74. The van der Waals surface area contributed by atoms with E-state index >= 15 is 0 Å². The molecule has 0 aliphatic carbocycles. The van der Waals surface area contributed by atoms with Gasteiger partial charge in [0.1, 0.15) is 5.82 Å². The minimum atomic E-state index is 0.436. The Labute approximate surface area is 94.9 Å². The summed E-state index contributed by atoms with van der Waals surface area (Å²) in [6, 6.07) is 6.33. The highest BCUT2D eigenvalue weighted by Gasteiger charge is 2.11. The van der Waals surface area contributed by atoms with E-state index in [9.17, 15) is 0 Å². The van der Waals surface area contributed by atoms with Gasteiger partial charge in [-0.05, 0) is 32.0 Å². The lowest BCUT2D eigenvalue weighted by molar-refractivity contribution is 0.588. The van der Waals surface area contributed by atoms with Crippen molar-refractivity contribution in [3.8, 4) is 0 Å². The van der Waals surface area contributed by atoms with Crippen molar-refractivity contribution in [2.75, 3.05) is 0 Å². The van der Waals surface area contributed by atoms with Crippen LogP contribution in [0, 0.1) is 0 Å². The predicted octanol–water partition coefficient (Wildman–Crippen LogP) is 3.83. The summed E-state index contributed by atoms with van der Waals surface area (Å²) in [7, 11) is 0. The zero-order valence-electron chi connectivity index (χ0n) is 9.29. The van der Waals surface area contributed by atoms with Crippen molar-refractivity contribution < 1.29 is 0 Å². The van der Waals surface area contributed by atoms with Gasteiger partial charge >= 0.3 is 0 Å². The van der Waals surface area contributed by atoms with Crippen LogP contribution in [0.2, 0.25) is 5.02 Å². The van der Waals surface area contributed by atoms with E-state index in [0.717, 1.165) is 22.8 Å². The molecule has 0 aliphatic heterocycles. The first-order chi connectivity index (χ1) is 7.13. The summed E-state index contributed by atoms with van der Waals surface area (Å²) in [6.07, 6.45) is 0.949. The molecule has 1 aromatic carbocycles. The van der Waals surface area contributed by atoms with E-state index < -0.39 is 0 Å². The number of aromatic nitrogens is 2. The van der Waals surface area contributed by atoms with E-state index in [1.54, 1.807) is 0 Å². The molecule has 0 saturated carbocycles. The second-order valence-electron chi connectivity index (χ2n) is 3.98. The first kappa shape index (κ1) is 10.5. The molecule has 0 unspecified atom stereocenters. The molecule has 0 saturated heterocycles. The molecule has 0 atom stereocenters. The summed E-state index contributed by atoms with van der Waals surface area (Å²) in [4.78, 5) is 4.59. The Hall–Kier alpha value is -1.02. The molecule has 0 fully saturated rings. The second-order valence-corrected chi connectivity index (χ2v) is 4.41. The maximum Gasteiger partial charge on any atom is 0.109 e. The monoisotopic (exact) mass is 222 g/mol. The number of imidazole rings is 1. The van der Waals surface area contributed by atoms with Crippen LogP contribution < -0.4 is 0 Å². The fourth-order valence-corrected chi connectivity index (χ4v) is 2.11. The molecule has 2 nitrogen and oxygen atoms in total. The Bertz CT molecular complexity index is 486. The molecule has 2 rings (SSSR count). The van der Waals surface area contributed by atoms with Gasteiger partial charge in [0.05, 0.1) is 11.0 Å². The van der Waals surface area contributed by atoms with Crippen LogP contribution in [0.15, 0.2) is 18.2 Å². The Morgan fingerprint density at radius 3 is 2.73 bits per heavy atom. The zero-order chi connectivity index (χ0) is 11.0. The van der Waals surface area contributed by atoms with Crippen LogP contribution in [0.1, 0.15) is 32.6 Å². The molecular formula is C12H15ClN2. The second kappa shape index (κ2) is 3.86. The van der Waals surface area contributed by atoms with Gasteiger partial charge in [-0.3, -0.25) is 0 Å². The molecule has 0 amide bonds. The fourth-order valence-electron chi connectivity index (χ4n) is 1.95. The highest BCUT2D eigenvalue weighted by atomic mass is 35.5. The maximum atomic E-state index is 5.95.